The van der Waals surface area contributed by atoms with Crippen molar-refractivity contribution in [3.05, 3.63) is 0 Å². The predicted octanol–water partition coefficient (Wildman–Crippen LogP) is 0.365. The Kier molecular flexibility index (Phi) is 5.83. The number of hydrogen-bond acceptors (Lipinski definition) is 4. The van der Waals surface area contributed by atoms with Gasteiger partial charge in [-0.2, -0.15) is 13.2 Å². The molecule has 2 fully saturated rings. The summed E-state index contributed by atoms with van der Waals surface area (Å²) in [5.74, 6) is 0.0432. The second kappa shape index (κ2) is 7.42. The fourth-order valence-electron chi connectivity index (χ4n) is 2.31. The Balaban J connectivity index is 1.73. The van der Waals surface area contributed by atoms with Crippen molar-refractivity contribution in [3.8, 4) is 0 Å². The third-order valence-electron chi connectivity index (χ3n) is 3.75. The number of halogens is 3. The van der Waals surface area contributed by atoms with Crippen LogP contribution in [0.5, 0.6) is 0 Å². The lowest BCUT2D eigenvalue weighted by atomic mass is 10.2. The van der Waals surface area contributed by atoms with Gasteiger partial charge in [0.25, 0.3) is 0 Å². The molecule has 0 spiro atoms. The first-order valence-electron chi connectivity index (χ1n) is 7.32. The van der Waals surface area contributed by atoms with Gasteiger partial charge in [-0.25, -0.2) is 0 Å². The topological polar surface area (TPSA) is 53.6 Å². The number of rotatable bonds is 7. The van der Waals surface area contributed by atoms with Gasteiger partial charge in [0, 0.05) is 32.7 Å². The molecular weight excluding hydrogens is 287 g/mol. The maximum atomic E-state index is 13.1. The van der Waals surface area contributed by atoms with Crippen molar-refractivity contribution in [1.82, 2.24) is 15.5 Å². The van der Waals surface area contributed by atoms with E-state index in [0.717, 1.165) is 12.8 Å². The van der Waals surface area contributed by atoms with Crippen LogP contribution in [0.2, 0.25) is 0 Å². The van der Waals surface area contributed by atoms with Crippen LogP contribution in [0.25, 0.3) is 0 Å². The lowest BCUT2D eigenvalue weighted by Crippen LogP contribution is -2.57. The minimum absolute atomic E-state index is 0.164. The van der Waals surface area contributed by atoms with Gasteiger partial charge in [-0.3, -0.25) is 9.69 Å². The number of piperazine rings is 1. The summed E-state index contributed by atoms with van der Waals surface area (Å²) in [6.07, 6.45) is -2.12. The average Bonchev–Trinajstić information content (AvgIpc) is 3.23. The fourth-order valence-corrected chi connectivity index (χ4v) is 2.31. The summed E-state index contributed by atoms with van der Waals surface area (Å²) >= 11 is 0. The maximum Gasteiger partial charge on any atom is 0.405 e. The number of hydrogen-bond donors (Lipinski definition) is 2. The van der Waals surface area contributed by atoms with Crippen molar-refractivity contribution in [2.24, 2.45) is 5.92 Å². The maximum absolute atomic E-state index is 13.1. The van der Waals surface area contributed by atoms with Crippen LogP contribution in [0, 0.1) is 5.92 Å². The standard InChI is InChI=1S/C13H22F3N3O2/c14-13(15,16)11(19-5-3-17-4-6-19)7-18-12(20)9-21-8-10-1-2-10/h10-11,17H,1-9H2,(H,18,20). The Labute approximate surface area is 122 Å². The SMILES string of the molecule is O=C(COCC1CC1)NCC(N1CCNCC1)C(F)(F)F. The van der Waals surface area contributed by atoms with Gasteiger partial charge in [0.2, 0.25) is 5.91 Å². The normalized spacial score (nSPS) is 22.0. The van der Waals surface area contributed by atoms with E-state index < -0.39 is 24.7 Å². The van der Waals surface area contributed by atoms with Crippen molar-refractivity contribution in [1.29, 1.82) is 0 Å². The molecule has 1 amide bonds. The molecular formula is C13H22F3N3O2. The number of alkyl halides is 3. The van der Waals surface area contributed by atoms with Crippen LogP contribution in [0.1, 0.15) is 12.8 Å². The molecule has 0 aromatic carbocycles. The van der Waals surface area contributed by atoms with E-state index >= 15 is 0 Å². The van der Waals surface area contributed by atoms with E-state index in [0.29, 0.717) is 38.7 Å². The Hall–Kier alpha value is -0.860. The zero-order valence-electron chi connectivity index (χ0n) is 11.9. The van der Waals surface area contributed by atoms with Gasteiger partial charge in [-0.1, -0.05) is 0 Å². The van der Waals surface area contributed by atoms with Crippen molar-refractivity contribution in [2.75, 3.05) is 45.9 Å². The first kappa shape index (κ1) is 16.5. The molecule has 0 radical (unpaired) electrons. The van der Waals surface area contributed by atoms with E-state index in [1.807, 2.05) is 0 Å². The fraction of sp³-hybridized carbons (Fsp3) is 0.923. The third-order valence-corrected chi connectivity index (χ3v) is 3.75. The highest BCUT2D eigenvalue weighted by molar-refractivity contribution is 5.77. The summed E-state index contributed by atoms with van der Waals surface area (Å²) in [7, 11) is 0. The first-order chi connectivity index (χ1) is 9.97. The quantitative estimate of drug-likeness (QED) is 0.713. The minimum Gasteiger partial charge on any atom is -0.371 e. The first-order valence-corrected chi connectivity index (χ1v) is 7.32. The predicted molar refractivity (Wildman–Crippen MR) is 70.8 cm³/mol. The number of carbonyl (C=O) groups is 1. The van der Waals surface area contributed by atoms with Gasteiger partial charge < -0.3 is 15.4 Å². The molecule has 0 aromatic rings. The highest BCUT2D eigenvalue weighted by Gasteiger charge is 2.43. The van der Waals surface area contributed by atoms with Gasteiger partial charge >= 0.3 is 6.18 Å². The van der Waals surface area contributed by atoms with Crippen molar-refractivity contribution < 1.29 is 22.7 Å². The monoisotopic (exact) mass is 309 g/mol. The molecule has 1 saturated heterocycles. The van der Waals surface area contributed by atoms with Gasteiger partial charge in [0.05, 0.1) is 6.61 Å². The van der Waals surface area contributed by atoms with E-state index in [4.69, 9.17) is 4.74 Å². The second-order valence-electron chi connectivity index (χ2n) is 5.61. The number of carbonyl (C=O) groups excluding carboxylic acids is 1. The molecule has 2 aliphatic rings. The molecule has 122 valence electrons. The summed E-state index contributed by atoms with van der Waals surface area (Å²) in [4.78, 5) is 12.9. The molecule has 5 nitrogen and oxygen atoms in total. The molecule has 8 heteroatoms. The Bertz CT molecular complexity index is 342. The van der Waals surface area contributed by atoms with Gasteiger partial charge in [0.1, 0.15) is 12.6 Å². The van der Waals surface area contributed by atoms with Crippen LogP contribution in [-0.2, 0) is 9.53 Å². The number of nitrogens with zero attached hydrogens (tertiary/aromatic N) is 1. The third kappa shape index (κ3) is 5.80. The van der Waals surface area contributed by atoms with Crippen LogP contribution < -0.4 is 10.6 Å². The van der Waals surface area contributed by atoms with E-state index in [-0.39, 0.29) is 6.61 Å². The molecule has 1 heterocycles. The van der Waals surface area contributed by atoms with Crippen molar-refractivity contribution in [3.63, 3.8) is 0 Å². The molecule has 0 aromatic heterocycles. The molecule has 1 atom stereocenters. The Morgan fingerprint density at radius 2 is 2.00 bits per heavy atom. The van der Waals surface area contributed by atoms with Crippen molar-refractivity contribution in [2.45, 2.75) is 25.1 Å². The van der Waals surface area contributed by atoms with Crippen LogP contribution in [0.4, 0.5) is 13.2 Å². The molecule has 1 unspecified atom stereocenters. The Morgan fingerprint density at radius 1 is 1.33 bits per heavy atom. The van der Waals surface area contributed by atoms with Gasteiger partial charge in [-0.05, 0) is 18.8 Å². The Morgan fingerprint density at radius 3 is 2.57 bits per heavy atom. The summed E-state index contributed by atoms with van der Waals surface area (Å²) in [5, 5.41) is 5.35. The van der Waals surface area contributed by atoms with Crippen LogP contribution in [0.15, 0.2) is 0 Å². The minimum atomic E-state index is -4.35. The lowest BCUT2D eigenvalue weighted by molar-refractivity contribution is -0.184. The number of ether oxygens (including phenoxy) is 1. The highest BCUT2D eigenvalue weighted by atomic mass is 19.4. The van der Waals surface area contributed by atoms with E-state index in [2.05, 4.69) is 10.6 Å². The largest absolute Gasteiger partial charge is 0.405 e. The van der Waals surface area contributed by atoms with Crippen LogP contribution in [-0.4, -0.2) is 69.0 Å². The van der Waals surface area contributed by atoms with Crippen LogP contribution >= 0.6 is 0 Å². The molecule has 1 aliphatic heterocycles. The molecule has 2 N–H and O–H groups in total. The highest BCUT2D eigenvalue weighted by Crippen LogP contribution is 2.28. The molecule has 0 bridgehead atoms. The van der Waals surface area contributed by atoms with Crippen molar-refractivity contribution >= 4 is 5.91 Å². The molecule has 1 aliphatic carbocycles. The number of amides is 1. The summed E-state index contributed by atoms with van der Waals surface area (Å²) in [6.45, 7) is 1.66. The molecule has 21 heavy (non-hydrogen) atoms. The van der Waals surface area contributed by atoms with Crippen LogP contribution in [0.3, 0.4) is 0 Å². The zero-order chi connectivity index (χ0) is 15.3. The molecule has 1 saturated carbocycles. The average molecular weight is 309 g/mol. The van der Waals surface area contributed by atoms with E-state index in [1.165, 1.54) is 4.90 Å². The second-order valence-corrected chi connectivity index (χ2v) is 5.61. The number of nitrogens with one attached hydrogen (secondary N) is 2. The summed E-state index contributed by atoms with van der Waals surface area (Å²) < 4.78 is 44.4. The lowest BCUT2D eigenvalue weighted by Gasteiger charge is -2.35. The van der Waals surface area contributed by atoms with Gasteiger partial charge in [-0.15, -0.1) is 0 Å². The summed E-state index contributed by atoms with van der Waals surface area (Å²) in [5.41, 5.74) is 0. The van der Waals surface area contributed by atoms with E-state index in [1.54, 1.807) is 0 Å². The molecule has 2 rings (SSSR count). The zero-order valence-corrected chi connectivity index (χ0v) is 11.9. The smallest absolute Gasteiger partial charge is 0.371 e. The van der Waals surface area contributed by atoms with E-state index in [9.17, 15) is 18.0 Å². The summed E-state index contributed by atoms with van der Waals surface area (Å²) in [6, 6.07) is -1.63. The van der Waals surface area contributed by atoms with Gasteiger partial charge in [0.15, 0.2) is 0 Å².